The topological polar surface area (TPSA) is 64.4 Å². The number of hydrogen-bond acceptors (Lipinski definition) is 4. The fourth-order valence-corrected chi connectivity index (χ4v) is 5.15. The van der Waals surface area contributed by atoms with Crippen molar-refractivity contribution in [3.8, 4) is 11.4 Å². The van der Waals surface area contributed by atoms with Gasteiger partial charge in [0.2, 0.25) is 0 Å². The summed E-state index contributed by atoms with van der Waals surface area (Å²) in [7, 11) is 1.60. The summed E-state index contributed by atoms with van der Waals surface area (Å²) in [6.07, 6.45) is 2.56. The Morgan fingerprint density at radius 3 is 2.54 bits per heavy atom. The highest BCUT2D eigenvalue weighted by molar-refractivity contribution is 14.1. The van der Waals surface area contributed by atoms with Crippen molar-refractivity contribution < 1.29 is 9.53 Å². The Balaban J connectivity index is 1.79. The second-order valence-corrected chi connectivity index (χ2v) is 10.3. The third kappa shape index (κ3) is 4.29. The van der Waals surface area contributed by atoms with Crippen LogP contribution in [0.2, 0.25) is 0 Å². The van der Waals surface area contributed by atoms with Crippen LogP contribution in [0, 0.1) is 3.57 Å². The standard InChI is InChI=1S/C27H21BrIN3O3/c1-3-12-31-24-11-4-16(28)13-20(24)21(26(31)33)15-25-30-23-10-5-17(29)14-22(23)27(34)32(25)18-6-8-19(35-2)9-7-18/h4-11,13-15H,3,12H2,1-2H3. The molecule has 1 aromatic heterocycles. The van der Waals surface area contributed by atoms with E-state index in [1.807, 2.05) is 55.5 Å². The molecule has 0 saturated carbocycles. The zero-order valence-corrected chi connectivity index (χ0v) is 22.8. The number of ether oxygens (including phenoxy) is 1. The Morgan fingerprint density at radius 1 is 1.06 bits per heavy atom. The van der Waals surface area contributed by atoms with E-state index in [1.54, 1.807) is 34.8 Å². The third-order valence-electron chi connectivity index (χ3n) is 5.92. The number of hydrogen-bond donors (Lipinski definition) is 0. The summed E-state index contributed by atoms with van der Waals surface area (Å²) in [5.74, 6) is 0.977. The first-order valence-electron chi connectivity index (χ1n) is 11.1. The second kappa shape index (κ2) is 9.58. The van der Waals surface area contributed by atoms with Crippen LogP contribution in [0.15, 0.2) is 69.9 Å². The fourth-order valence-electron chi connectivity index (χ4n) is 4.30. The maximum atomic E-state index is 13.7. The van der Waals surface area contributed by atoms with Crippen molar-refractivity contribution >= 4 is 72.7 Å². The zero-order valence-electron chi connectivity index (χ0n) is 19.1. The molecule has 8 heteroatoms. The molecule has 2 heterocycles. The highest BCUT2D eigenvalue weighted by atomic mass is 127. The number of halogens is 2. The van der Waals surface area contributed by atoms with Crippen molar-refractivity contribution in [1.29, 1.82) is 0 Å². The molecule has 0 unspecified atom stereocenters. The number of carbonyl (C=O) groups is 1. The van der Waals surface area contributed by atoms with Crippen molar-refractivity contribution in [2.45, 2.75) is 13.3 Å². The van der Waals surface area contributed by atoms with Crippen molar-refractivity contribution in [3.63, 3.8) is 0 Å². The minimum Gasteiger partial charge on any atom is -0.497 e. The van der Waals surface area contributed by atoms with E-state index < -0.39 is 0 Å². The van der Waals surface area contributed by atoms with Crippen LogP contribution in [-0.2, 0) is 4.79 Å². The van der Waals surface area contributed by atoms with Crippen LogP contribution < -0.4 is 15.2 Å². The molecule has 176 valence electrons. The van der Waals surface area contributed by atoms with E-state index in [0.29, 0.717) is 40.3 Å². The lowest BCUT2D eigenvalue weighted by molar-refractivity contribution is -0.113. The Morgan fingerprint density at radius 2 is 1.83 bits per heavy atom. The van der Waals surface area contributed by atoms with Crippen molar-refractivity contribution in [2.75, 3.05) is 18.6 Å². The SMILES string of the molecule is CCCN1C(=O)C(=Cc2nc3ccc(I)cc3c(=O)n2-c2ccc(OC)cc2)c2cc(Br)ccc21. The van der Waals surface area contributed by atoms with Gasteiger partial charge in [-0.05, 0) is 95.8 Å². The van der Waals surface area contributed by atoms with Crippen LogP contribution in [0.4, 0.5) is 5.69 Å². The maximum absolute atomic E-state index is 13.7. The lowest BCUT2D eigenvalue weighted by Crippen LogP contribution is -2.27. The largest absolute Gasteiger partial charge is 0.497 e. The molecule has 35 heavy (non-hydrogen) atoms. The quantitative estimate of drug-likeness (QED) is 0.196. The van der Waals surface area contributed by atoms with Gasteiger partial charge in [0.15, 0.2) is 0 Å². The summed E-state index contributed by atoms with van der Waals surface area (Å²) in [6.45, 7) is 2.65. The molecule has 6 nitrogen and oxygen atoms in total. The average molecular weight is 642 g/mol. The van der Waals surface area contributed by atoms with Gasteiger partial charge in [-0.25, -0.2) is 4.98 Å². The summed E-state index contributed by atoms with van der Waals surface area (Å²) < 4.78 is 8.66. The molecule has 0 radical (unpaired) electrons. The molecule has 5 rings (SSSR count). The predicted molar refractivity (Wildman–Crippen MR) is 151 cm³/mol. The Kier molecular flexibility index (Phi) is 6.50. The summed E-state index contributed by atoms with van der Waals surface area (Å²) >= 11 is 5.72. The number of nitrogens with zero attached hydrogens (tertiary/aromatic N) is 3. The fraction of sp³-hybridized carbons (Fsp3) is 0.148. The molecule has 0 spiro atoms. The number of amides is 1. The first-order valence-corrected chi connectivity index (χ1v) is 13.0. The van der Waals surface area contributed by atoms with E-state index in [2.05, 4.69) is 38.5 Å². The number of benzene rings is 3. The first kappa shape index (κ1) is 23.7. The van der Waals surface area contributed by atoms with Crippen molar-refractivity contribution in [2.24, 2.45) is 0 Å². The van der Waals surface area contributed by atoms with Crippen LogP contribution in [0.25, 0.3) is 28.2 Å². The van der Waals surface area contributed by atoms with E-state index in [9.17, 15) is 9.59 Å². The van der Waals surface area contributed by atoms with Gasteiger partial charge in [0, 0.05) is 20.2 Å². The Bertz CT molecular complexity index is 1560. The number of fused-ring (bicyclic) bond motifs is 2. The van der Waals surface area contributed by atoms with Crippen LogP contribution >= 0.6 is 38.5 Å². The maximum Gasteiger partial charge on any atom is 0.266 e. The van der Waals surface area contributed by atoms with Crippen LogP contribution in [0.1, 0.15) is 24.7 Å². The van der Waals surface area contributed by atoms with Gasteiger partial charge >= 0.3 is 0 Å². The first-order chi connectivity index (χ1) is 16.9. The second-order valence-electron chi connectivity index (χ2n) is 8.15. The van der Waals surface area contributed by atoms with Gasteiger partial charge in [-0.3, -0.25) is 14.2 Å². The van der Waals surface area contributed by atoms with Gasteiger partial charge in [0.25, 0.3) is 11.5 Å². The summed E-state index contributed by atoms with van der Waals surface area (Å²) in [5.41, 5.74) is 3.21. The molecule has 0 N–H and O–H groups in total. The van der Waals surface area contributed by atoms with Crippen LogP contribution in [0.3, 0.4) is 0 Å². The predicted octanol–water partition coefficient (Wildman–Crippen LogP) is 6.06. The lowest BCUT2D eigenvalue weighted by atomic mass is 10.1. The molecular weight excluding hydrogens is 621 g/mol. The van der Waals surface area contributed by atoms with Gasteiger partial charge < -0.3 is 9.64 Å². The molecule has 4 aromatic rings. The van der Waals surface area contributed by atoms with Gasteiger partial charge in [-0.15, -0.1) is 0 Å². The average Bonchev–Trinajstić information content (AvgIpc) is 3.10. The smallest absolute Gasteiger partial charge is 0.266 e. The zero-order chi connectivity index (χ0) is 24.7. The molecule has 0 fully saturated rings. The minimum absolute atomic E-state index is 0.0989. The molecule has 1 aliphatic rings. The summed E-state index contributed by atoms with van der Waals surface area (Å²) in [6, 6.07) is 18.6. The molecule has 0 atom stereocenters. The number of aromatic nitrogens is 2. The van der Waals surface area contributed by atoms with E-state index in [4.69, 9.17) is 9.72 Å². The molecule has 1 amide bonds. The van der Waals surface area contributed by atoms with Gasteiger partial charge in [0.1, 0.15) is 11.6 Å². The van der Waals surface area contributed by atoms with Crippen LogP contribution in [0.5, 0.6) is 5.75 Å². The van der Waals surface area contributed by atoms with Gasteiger partial charge in [-0.2, -0.15) is 0 Å². The van der Waals surface area contributed by atoms with E-state index in [0.717, 1.165) is 25.7 Å². The van der Waals surface area contributed by atoms with E-state index in [1.165, 1.54) is 0 Å². The Labute approximate surface area is 224 Å². The molecular formula is C27H21BrIN3O3. The number of rotatable bonds is 5. The third-order valence-corrected chi connectivity index (χ3v) is 7.09. The molecule has 0 aliphatic carbocycles. The number of carbonyl (C=O) groups excluding carboxylic acids is 1. The highest BCUT2D eigenvalue weighted by Crippen LogP contribution is 2.39. The molecule has 3 aromatic carbocycles. The van der Waals surface area contributed by atoms with Gasteiger partial charge in [-0.1, -0.05) is 22.9 Å². The highest BCUT2D eigenvalue weighted by Gasteiger charge is 2.32. The normalized spacial score (nSPS) is 14.1. The van der Waals surface area contributed by atoms with Crippen molar-refractivity contribution in [3.05, 3.63) is 90.4 Å². The van der Waals surface area contributed by atoms with E-state index >= 15 is 0 Å². The number of methoxy groups -OCH3 is 1. The van der Waals surface area contributed by atoms with Crippen LogP contribution in [-0.4, -0.2) is 29.1 Å². The van der Waals surface area contributed by atoms with E-state index in [-0.39, 0.29) is 11.5 Å². The monoisotopic (exact) mass is 641 g/mol. The number of anilines is 1. The van der Waals surface area contributed by atoms with Gasteiger partial charge in [0.05, 0.1) is 35.0 Å². The molecule has 0 bridgehead atoms. The van der Waals surface area contributed by atoms with Crippen molar-refractivity contribution in [1.82, 2.24) is 9.55 Å². The minimum atomic E-state index is -0.198. The summed E-state index contributed by atoms with van der Waals surface area (Å²) in [5, 5.41) is 0.517. The lowest BCUT2D eigenvalue weighted by Gasteiger charge is -2.15. The Hall–Kier alpha value is -2.98. The molecule has 0 saturated heterocycles. The molecule has 1 aliphatic heterocycles. The summed E-state index contributed by atoms with van der Waals surface area (Å²) in [4.78, 5) is 33.9.